The average Bonchev–Trinajstić information content (AvgIpc) is 3.30. The fraction of sp³-hybridized carbons (Fsp3) is 0.200. The Balaban J connectivity index is 1.83. The van der Waals surface area contributed by atoms with Crippen molar-refractivity contribution in [3.8, 4) is 28.4 Å². The second-order valence-electron chi connectivity index (χ2n) is 6.99. The molecule has 2 aromatic carbocycles. The Hall–Kier alpha value is -4.60. The van der Waals surface area contributed by atoms with Crippen molar-refractivity contribution in [2.24, 2.45) is 0 Å². The van der Waals surface area contributed by atoms with Crippen LogP contribution in [0.5, 0.6) is 11.5 Å². The summed E-state index contributed by atoms with van der Waals surface area (Å²) in [5.41, 5.74) is 2.76. The van der Waals surface area contributed by atoms with Crippen LogP contribution in [0.25, 0.3) is 23.0 Å². The highest BCUT2D eigenvalue weighted by Gasteiger charge is 2.15. The molecule has 2 amide bonds. The molecule has 0 unspecified atom stereocenters. The number of para-hydroxylation sites is 1. The lowest BCUT2D eigenvalue weighted by molar-refractivity contribution is -0.143. The summed E-state index contributed by atoms with van der Waals surface area (Å²) in [6.45, 7) is 1.08. The van der Waals surface area contributed by atoms with E-state index < -0.39 is 24.6 Å². The number of hydrogen-bond donors (Lipinski definition) is 1. The third-order valence-corrected chi connectivity index (χ3v) is 4.68. The molecule has 0 aliphatic carbocycles. The average molecular weight is 479 g/mol. The summed E-state index contributed by atoms with van der Waals surface area (Å²) >= 11 is 0. The van der Waals surface area contributed by atoms with Crippen LogP contribution in [-0.4, -0.2) is 55.2 Å². The molecule has 0 saturated carbocycles. The number of esters is 1. The molecule has 3 aromatic rings. The molecule has 0 fully saturated rings. The molecule has 3 rings (SSSR count). The molecule has 0 atom stereocenters. The van der Waals surface area contributed by atoms with Crippen LogP contribution in [0.2, 0.25) is 0 Å². The number of amides is 2. The molecule has 0 spiro atoms. The van der Waals surface area contributed by atoms with Crippen LogP contribution >= 0.6 is 0 Å². The van der Waals surface area contributed by atoms with Crippen LogP contribution in [0, 0.1) is 0 Å². The van der Waals surface area contributed by atoms with E-state index in [0.717, 1.165) is 11.3 Å². The summed E-state index contributed by atoms with van der Waals surface area (Å²) in [7, 11) is 3.09. The molecule has 0 radical (unpaired) electrons. The Morgan fingerprint density at radius 3 is 2.43 bits per heavy atom. The molecule has 1 aromatic heterocycles. The number of ether oxygens (including phenoxy) is 4. The molecule has 35 heavy (non-hydrogen) atoms. The SMILES string of the molecule is CCOC(=O)NC(=O)COC(=O)/C=C/c1cn(-c2ccccc2)nc1-c1ccc(OC)c(OC)c1. The van der Waals surface area contributed by atoms with E-state index in [0.29, 0.717) is 22.8 Å². The number of hydrogen-bond acceptors (Lipinski definition) is 8. The quantitative estimate of drug-likeness (QED) is 0.367. The summed E-state index contributed by atoms with van der Waals surface area (Å²) in [5.74, 6) is -0.468. The van der Waals surface area contributed by atoms with Gasteiger partial charge in [-0.25, -0.2) is 14.3 Å². The van der Waals surface area contributed by atoms with Crippen molar-refractivity contribution >= 4 is 24.0 Å². The Bertz CT molecular complexity index is 1220. The smallest absolute Gasteiger partial charge is 0.413 e. The van der Waals surface area contributed by atoms with Crippen LogP contribution in [0.15, 0.2) is 60.8 Å². The van der Waals surface area contributed by atoms with Gasteiger partial charge in [-0.15, -0.1) is 0 Å². The van der Waals surface area contributed by atoms with Crippen LogP contribution in [0.4, 0.5) is 4.79 Å². The van der Waals surface area contributed by atoms with Crippen molar-refractivity contribution in [2.45, 2.75) is 6.92 Å². The zero-order valence-corrected chi connectivity index (χ0v) is 19.5. The monoisotopic (exact) mass is 479 g/mol. The number of nitrogens with zero attached hydrogens (tertiary/aromatic N) is 2. The topological polar surface area (TPSA) is 118 Å². The first-order valence-electron chi connectivity index (χ1n) is 10.6. The van der Waals surface area contributed by atoms with E-state index in [-0.39, 0.29) is 6.61 Å². The van der Waals surface area contributed by atoms with Gasteiger partial charge in [-0.1, -0.05) is 18.2 Å². The third kappa shape index (κ3) is 6.70. The first-order valence-corrected chi connectivity index (χ1v) is 10.6. The van der Waals surface area contributed by atoms with Crippen LogP contribution in [0.3, 0.4) is 0 Å². The molecule has 0 saturated heterocycles. The van der Waals surface area contributed by atoms with Gasteiger partial charge in [0.1, 0.15) is 5.69 Å². The maximum absolute atomic E-state index is 12.2. The maximum Gasteiger partial charge on any atom is 0.413 e. The normalized spacial score (nSPS) is 10.6. The standard InChI is InChI=1S/C25H25N3O7/c1-4-34-25(31)26-22(29)16-35-23(30)13-11-18-15-28(19-8-6-5-7-9-19)27-24(18)17-10-12-20(32-2)21(14-17)33-3/h5-15H,4,16H2,1-3H3,(H,26,29,31)/b13-11+. The Morgan fingerprint density at radius 2 is 1.74 bits per heavy atom. The van der Waals surface area contributed by atoms with Gasteiger partial charge >= 0.3 is 12.1 Å². The lowest BCUT2D eigenvalue weighted by Crippen LogP contribution is -2.34. The Labute approximate surface area is 202 Å². The van der Waals surface area contributed by atoms with Crippen molar-refractivity contribution in [2.75, 3.05) is 27.4 Å². The first-order chi connectivity index (χ1) is 16.9. The summed E-state index contributed by atoms with van der Waals surface area (Å²) in [6, 6.07) is 14.9. The summed E-state index contributed by atoms with van der Waals surface area (Å²) < 4.78 is 21.9. The summed E-state index contributed by atoms with van der Waals surface area (Å²) in [4.78, 5) is 35.1. The van der Waals surface area contributed by atoms with Gasteiger partial charge in [0.25, 0.3) is 5.91 Å². The number of methoxy groups -OCH3 is 2. The molecule has 0 aliphatic heterocycles. The van der Waals surface area contributed by atoms with Crippen molar-refractivity contribution in [3.63, 3.8) is 0 Å². The van der Waals surface area contributed by atoms with Crippen LogP contribution in [0.1, 0.15) is 12.5 Å². The highest BCUT2D eigenvalue weighted by Crippen LogP contribution is 2.33. The van der Waals surface area contributed by atoms with E-state index in [1.54, 1.807) is 44.2 Å². The number of nitrogens with one attached hydrogen (secondary N) is 1. The maximum atomic E-state index is 12.2. The largest absolute Gasteiger partial charge is 0.493 e. The minimum Gasteiger partial charge on any atom is -0.493 e. The highest BCUT2D eigenvalue weighted by molar-refractivity contribution is 5.95. The lowest BCUT2D eigenvalue weighted by atomic mass is 10.1. The summed E-state index contributed by atoms with van der Waals surface area (Å²) in [6.07, 6.45) is 3.56. The van der Waals surface area contributed by atoms with E-state index >= 15 is 0 Å². The highest BCUT2D eigenvalue weighted by atomic mass is 16.6. The zero-order valence-electron chi connectivity index (χ0n) is 19.5. The van der Waals surface area contributed by atoms with Gasteiger partial charge in [-0.2, -0.15) is 5.10 Å². The van der Waals surface area contributed by atoms with Gasteiger partial charge in [0.2, 0.25) is 0 Å². The fourth-order valence-electron chi connectivity index (χ4n) is 3.09. The van der Waals surface area contributed by atoms with E-state index in [9.17, 15) is 14.4 Å². The van der Waals surface area contributed by atoms with Gasteiger partial charge in [-0.05, 0) is 43.3 Å². The van der Waals surface area contributed by atoms with E-state index in [4.69, 9.17) is 14.2 Å². The van der Waals surface area contributed by atoms with Crippen LogP contribution in [-0.2, 0) is 19.1 Å². The second-order valence-corrected chi connectivity index (χ2v) is 6.99. The molecular formula is C25H25N3O7. The molecule has 0 bridgehead atoms. The first kappa shape index (κ1) is 25.0. The molecular weight excluding hydrogens is 454 g/mol. The number of carbonyl (C=O) groups is 3. The van der Waals surface area contributed by atoms with E-state index in [1.165, 1.54) is 12.2 Å². The number of alkyl carbamates (subject to hydrolysis) is 1. The van der Waals surface area contributed by atoms with Crippen molar-refractivity contribution < 1.29 is 33.3 Å². The number of benzene rings is 2. The van der Waals surface area contributed by atoms with E-state index in [1.807, 2.05) is 41.7 Å². The second kappa shape index (κ2) is 12.0. The zero-order chi connectivity index (χ0) is 25.2. The molecule has 1 heterocycles. The Kier molecular flexibility index (Phi) is 8.60. The van der Waals surface area contributed by atoms with Gasteiger partial charge in [0.05, 0.1) is 26.5 Å². The van der Waals surface area contributed by atoms with Crippen molar-refractivity contribution in [1.29, 1.82) is 0 Å². The lowest BCUT2D eigenvalue weighted by Gasteiger charge is -2.09. The molecule has 182 valence electrons. The molecule has 10 heteroatoms. The number of rotatable bonds is 9. The van der Waals surface area contributed by atoms with Gasteiger partial charge in [0, 0.05) is 23.4 Å². The summed E-state index contributed by atoms with van der Waals surface area (Å²) in [5, 5.41) is 6.63. The van der Waals surface area contributed by atoms with Gasteiger partial charge in [0.15, 0.2) is 18.1 Å². The van der Waals surface area contributed by atoms with Crippen LogP contribution < -0.4 is 14.8 Å². The van der Waals surface area contributed by atoms with Gasteiger partial charge < -0.3 is 18.9 Å². The van der Waals surface area contributed by atoms with Crippen molar-refractivity contribution in [1.82, 2.24) is 15.1 Å². The van der Waals surface area contributed by atoms with Gasteiger partial charge in [-0.3, -0.25) is 10.1 Å². The third-order valence-electron chi connectivity index (χ3n) is 4.68. The Morgan fingerprint density at radius 1 is 1.00 bits per heavy atom. The predicted octanol–water partition coefficient (Wildman–Crippen LogP) is 3.39. The van der Waals surface area contributed by atoms with Crippen molar-refractivity contribution in [3.05, 3.63) is 66.4 Å². The minimum atomic E-state index is -0.906. The fourth-order valence-corrected chi connectivity index (χ4v) is 3.09. The number of imide groups is 1. The minimum absolute atomic E-state index is 0.112. The molecule has 1 N–H and O–H groups in total. The number of aromatic nitrogens is 2. The number of carbonyl (C=O) groups excluding carboxylic acids is 3. The predicted molar refractivity (Wildman–Crippen MR) is 127 cm³/mol. The van der Waals surface area contributed by atoms with E-state index in [2.05, 4.69) is 9.84 Å². The molecule has 10 nitrogen and oxygen atoms in total. The molecule has 0 aliphatic rings.